The molecule has 4 nitrogen and oxygen atoms in total. The van der Waals surface area contributed by atoms with Crippen LogP contribution in [0, 0.1) is 22.7 Å². The summed E-state index contributed by atoms with van der Waals surface area (Å²) in [4.78, 5) is 24.4. The van der Waals surface area contributed by atoms with Gasteiger partial charge in [-0.05, 0) is 62.1 Å². The van der Waals surface area contributed by atoms with Crippen molar-refractivity contribution in [3.63, 3.8) is 0 Å². The zero-order chi connectivity index (χ0) is 19.3. The summed E-state index contributed by atoms with van der Waals surface area (Å²) in [6.45, 7) is 9.27. The highest BCUT2D eigenvalue weighted by Crippen LogP contribution is 2.57. The second kappa shape index (κ2) is 5.94. The van der Waals surface area contributed by atoms with Crippen LogP contribution < -0.4 is 0 Å². The van der Waals surface area contributed by atoms with E-state index in [1.807, 2.05) is 39.0 Å². The van der Waals surface area contributed by atoms with Gasteiger partial charge in [-0.15, -0.1) is 0 Å². The molecule has 0 spiro atoms. The summed E-state index contributed by atoms with van der Waals surface area (Å²) in [5.41, 5.74) is 1.17. The molecule has 0 aliphatic heterocycles. The van der Waals surface area contributed by atoms with Gasteiger partial charge in [0.2, 0.25) is 0 Å². The topological polar surface area (TPSA) is 67.2 Å². The maximum atomic E-state index is 13.0. The van der Waals surface area contributed by atoms with Gasteiger partial charge in [-0.1, -0.05) is 25.5 Å². The summed E-state index contributed by atoms with van der Waals surface area (Å²) in [5.74, 6) is -0.212. The number of hydrogen-bond acceptors (Lipinski definition) is 4. The maximum absolute atomic E-state index is 13.0. The summed E-state index contributed by atoms with van der Waals surface area (Å²) in [7, 11) is 0. The Kier molecular flexibility index (Phi) is 4.26. The second-order valence-electron chi connectivity index (χ2n) is 8.84. The van der Waals surface area contributed by atoms with Crippen molar-refractivity contribution in [2.75, 3.05) is 0 Å². The fourth-order valence-corrected chi connectivity index (χ4v) is 5.14. The van der Waals surface area contributed by atoms with Crippen LogP contribution in [0.25, 0.3) is 0 Å². The Morgan fingerprint density at radius 2 is 2.00 bits per heavy atom. The van der Waals surface area contributed by atoms with Crippen LogP contribution in [-0.4, -0.2) is 11.8 Å². The van der Waals surface area contributed by atoms with Gasteiger partial charge in [-0.2, -0.15) is 5.26 Å². The summed E-state index contributed by atoms with van der Waals surface area (Å²) >= 11 is 0. The number of ketones is 1. The van der Waals surface area contributed by atoms with E-state index in [9.17, 15) is 14.9 Å². The lowest BCUT2D eigenvalue weighted by molar-refractivity contribution is -0.154. The number of rotatable bonds is 2. The molecule has 0 bridgehead atoms. The molecule has 4 heteroatoms. The van der Waals surface area contributed by atoms with Crippen molar-refractivity contribution < 1.29 is 14.3 Å². The van der Waals surface area contributed by atoms with Crippen LogP contribution in [0.5, 0.6) is 0 Å². The highest BCUT2D eigenvalue weighted by Gasteiger charge is 2.54. The first-order valence-corrected chi connectivity index (χ1v) is 9.32. The van der Waals surface area contributed by atoms with Crippen molar-refractivity contribution in [1.82, 2.24) is 0 Å². The van der Waals surface area contributed by atoms with Crippen molar-refractivity contribution in [1.29, 1.82) is 5.26 Å². The first-order valence-electron chi connectivity index (χ1n) is 9.32. The first-order chi connectivity index (χ1) is 12.0. The van der Waals surface area contributed by atoms with Gasteiger partial charge in [0, 0.05) is 18.9 Å². The molecule has 3 rings (SSSR count). The lowest BCUT2D eigenvalue weighted by Crippen LogP contribution is -2.50. The number of hydrogen-bond donors (Lipinski definition) is 0. The molecule has 1 aromatic rings. The number of fused-ring (bicyclic) bond motifs is 3. The van der Waals surface area contributed by atoms with E-state index in [1.165, 1.54) is 6.92 Å². The van der Waals surface area contributed by atoms with E-state index < -0.39 is 11.0 Å². The van der Waals surface area contributed by atoms with E-state index in [1.54, 1.807) is 0 Å². The lowest BCUT2D eigenvalue weighted by atomic mass is 9.50. The fourth-order valence-electron chi connectivity index (χ4n) is 5.14. The predicted octanol–water partition coefficient (Wildman–Crippen LogP) is 4.66. The zero-order valence-electron chi connectivity index (χ0n) is 16.3. The monoisotopic (exact) mass is 353 g/mol. The molecule has 3 atom stereocenters. The number of benzene rings is 1. The molecule has 0 unspecified atom stereocenters. The first kappa shape index (κ1) is 18.6. The summed E-state index contributed by atoms with van der Waals surface area (Å²) in [6, 6.07) is 8.37. The quantitative estimate of drug-likeness (QED) is 0.725. The fraction of sp³-hybridized carbons (Fsp3) is 0.591. The Bertz CT molecular complexity index is 819. The van der Waals surface area contributed by atoms with Crippen molar-refractivity contribution >= 4 is 11.8 Å². The smallest absolute Gasteiger partial charge is 0.303 e. The lowest BCUT2D eigenvalue weighted by Gasteiger charge is -2.52. The van der Waals surface area contributed by atoms with Crippen molar-refractivity contribution in [2.45, 2.75) is 71.3 Å². The third kappa shape index (κ3) is 2.74. The highest BCUT2D eigenvalue weighted by molar-refractivity contribution is 6.00. The molecule has 2 aliphatic carbocycles. The van der Waals surface area contributed by atoms with Crippen molar-refractivity contribution in [3.8, 4) is 6.07 Å². The molecule has 1 aromatic carbocycles. The van der Waals surface area contributed by atoms with Gasteiger partial charge in [0.15, 0.2) is 5.78 Å². The minimum Gasteiger partial charge on any atom is -0.455 e. The van der Waals surface area contributed by atoms with Gasteiger partial charge in [0.05, 0.1) is 11.5 Å². The molecule has 2 aliphatic rings. The number of nitrogens with zero attached hydrogens (tertiary/aromatic N) is 1. The van der Waals surface area contributed by atoms with E-state index in [0.29, 0.717) is 6.42 Å². The largest absolute Gasteiger partial charge is 0.455 e. The van der Waals surface area contributed by atoms with E-state index in [2.05, 4.69) is 13.0 Å². The number of Topliss-reactive ketones (excluding diaryl/α,β-unsaturated/α-hetero) is 1. The Morgan fingerprint density at radius 3 is 2.62 bits per heavy atom. The number of esters is 1. The number of nitriles is 1. The Hall–Kier alpha value is -2.15. The minimum absolute atomic E-state index is 0.0427. The zero-order valence-corrected chi connectivity index (χ0v) is 16.3. The average Bonchev–Trinajstić information content (AvgIpc) is 2.56. The number of ether oxygens (including phenoxy) is 1. The van der Waals surface area contributed by atoms with Gasteiger partial charge < -0.3 is 4.74 Å². The van der Waals surface area contributed by atoms with Gasteiger partial charge in [0.1, 0.15) is 5.60 Å². The molecule has 138 valence electrons. The van der Waals surface area contributed by atoms with Crippen molar-refractivity contribution in [2.24, 2.45) is 11.3 Å². The molecule has 0 saturated heterocycles. The van der Waals surface area contributed by atoms with Gasteiger partial charge in [-0.25, -0.2) is 0 Å². The van der Waals surface area contributed by atoms with Crippen molar-refractivity contribution in [3.05, 3.63) is 34.9 Å². The number of carbonyl (C=O) groups is 2. The molecule has 0 N–H and O–H groups in total. The standard InChI is InChI=1S/C22H27NO3/c1-14(24)26-20(2,3)15-7-8-17-16(11-15)18(25)12-19-21(4,13-23)9-6-10-22(17,19)5/h7-8,11,19H,6,9-10,12H2,1-5H3/t19-,21-,22-/m0/s1. The SMILES string of the molecule is CC(=O)OC(C)(C)c1ccc2c(c1)C(=O)C[C@@H]1[C@@]2(C)CCC[C@@]1(C)C#N. The third-order valence-corrected chi connectivity index (χ3v) is 6.60. The van der Waals surface area contributed by atoms with Gasteiger partial charge in [0.25, 0.3) is 0 Å². The minimum atomic E-state index is -0.785. The number of carbonyl (C=O) groups excluding carboxylic acids is 2. The molecule has 0 heterocycles. The van der Waals surface area contributed by atoms with Crippen LogP contribution >= 0.6 is 0 Å². The average molecular weight is 353 g/mol. The Labute approximate surface area is 155 Å². The molecule has 0 aromatic heterocycles. The molecular weight excluding hydrogens is 326 g/mol. The van der Waals surface area contributed by atoms with Crippen LogP contribution in [-0.2, 0) is 20.5 Å². The van der Waals surface area contributed by atoms with E-state index >= 15 is 0 Å². The van der Waals surface area contributed by atoms with Crippen LogP contribution in [0.4, 0.5) is 0 Å². The predicted molar refractivity (Wildman–Crippen MR) is 98.6 cm³/mol. The highest BCUT2D eigenvalue weighted by atomic mass is 16.6. The molecule has 26 heavy (non-hydrogen) atoms. The third-order valence-electron chi connectivity index (χ3n) is 6.60. The normalized spacial score (nSPS) is 30.8. The summed E-state index contributed by atoms with van der Waals surface area (Å²) < 4.78 is 5.44. The molecular formula is C22H27NO3. The van der Waals surface area contributed by atoms with Gasteiger partial charge >= 0.3 is 5.97 Å². The van der Waals surface area contributed by atoms with Crippen LogP contribution in [0.3, 0.4) is 0 Å². The summed E-state index contributed by atoms with van der Waals surface area (Å²) in [6.07, 6.45) is 3.24. The maximum Gasteiger partial charge on any atom is 0.303 e. The van der Waals surface area contributed by atoms with Crippen LogP contribution in [0.15, 0.2) is 18.2 Å². The second-order valence-corrected chi connectivity index (χ2v) is 8.84. The van der Waals surface area contributed by atoms with Crippen LogP contribution in [0.2, 0.25) is 0 Å². The molecule has 0 radical (unpaired) electrons. The van der Waals surface area contributed by atoms with E-state index in [4.69, 9.17) is 4.74 Å². The molecule has 1 saturated carbocycles. The summed E-state index contributed by atoms with van der Waals surface area (Å²) in [5, 5.41) is 9.76. The molecule has 0 amide bonds. The van der Waals surface area contributed by atoms with Crippen LogP contribution in [0.1, 0.15) is 81.8 Å². The van der Waals surface area contributed by atoms with Gasteiger partial charge in [-0.3, -0.25) is 9.59 Å². The van der Waals surface area contributed by atoms with E-state index in [-0.39, 0.29) is 23.1 Å². The Morgan fingerprint density at radius 1 is 1.31 bits per heavy atom. The molecule has 1 fully saturated rings. The van der Waals surface area contributed by atoms with E-state index in [0.717, 1.165) is 36.0 Å². The Balaban J connectivity index is 2.10.